The first kappa shape index (κ1) is 84.1. The number of hydrogen-bond acceptors (Lipinski definition) is 20. The third-order valence-corrected chi connectivity index (χ3v) is 28.1. The Labute approximate surface area is 641 Å². The van der Waals surface area contributed by atoms with Gasteiger partial charge in [0.05, 0.1) is 142 Å². The Hall–Kier alpha value is -5.51. The Morgan fingerprint density at radius 1 is 0.471 bits per heavy atom. The Morgan fingerprint density at radius 3 is 1.16 bits per heavy atom. The Balaban J connectivity index is 1.02. The maximum atomic E-state index is 15.4. The summed E-state index contributed by atoms with van der Waals surface area (Å²) in [5.41, 5.74) is 3.51. The number of alkyl halides is 6. The summed E-state index contributed by atoms with van der Waals surface area (Å²) >= 11 is 37.3. The van der Waals surface area contributed by atoms with Gasteiger partial charge < -0.3 is 85.3 Å². The first-order valence-electron chi connectivity index (χ1n) is 34.2. The van der Waals surface area contributed by atoms with Crippen molar-refractivity contribution in [3.63, 3.8) is 0 Å². The maximum Gasteiger partial charge on any atom is 0.416 e. The van der Waals surface area contributed by atoms with Crippen molar-refractivity contribution in [1.82, 2.24) is 9.80 Å². The summed E-state index contributed by atoms with van der Waals surface area (Å²) in [5.74, 6) is 0.939. The van der Waals surface area contributed by atoms with E-state index in [1.807, 2.05) is 74.7 Å². The fraction of sp³-hybridized carbons (Fsp3) is 0.556. The van der Waals surface area contributed by atoms with E-state index in [-0.39, 0.29) is 103 Å². The molecule has 4 aromatic rings. The number of nitrogens with zero attached hydrogens (tertiary/aromatic N) is 4. The molecule has 0 aromatic heterocycles. The lowest BCUT2D eigenvalue weighted by atomic mass is 10.0. The normalized spacial score (nSPS) is 17.8. The first-order chi connectivity index (χ1) is 49.1. The van der Waals surface area contributed by atoms with E-state index in [9.17, 15) is 4.79 Å². The topological polar surface area (TPSA) is 240 Å². The number of carbonyl (C=O) groups is 4. The summed E-state index contributed by atoms with van der Waals surface area (Å²) < 4.78 is 85.8. The van der Waals surface area contributed by atoms with E-state index in [1.54, 1.807) is 29.3 Å². The number of aliphatic hydroxyl groups excluding tert-OH is 1. The second kappa shape index (κ2) is 37.1. The second-order valence-electron chi connectivity index (χ2n) is 27.9. The van der Waals surface area contributed by atoms with Crippen LogP contribution >= 0.6 is 69.6 Å². The summed E-state index contributed by atoms with van der Waals surface area (Å²) in [6.07, 6.45) is 0.0405. The van der Waals surface area contributed by atoms with Crippen LogP contribution in [-0.2, 0) is 42.0 Å². The lowest BCUT2D eigenvalue weighted by Gasteiger charge is -2.44. The van der Waals surface area contributed by atoms with Crippen LogP contribution < -0.4 is 38.2 Å². The molecule has 4 heterocycles. The van der Waals surface area contributed by atoms with Crippen molar-refractivity contribution >= 4 is 133 Å². The second-order valence-corrected chi connectivity index (χ2v) is 42.4. The van der Waals surface area contributed by atoms with Crippen molar-refractivity contribution in [3.8, 4) is 34.5 Å². The van der Waals surface area contributed by atoms with Gasteiger partial charge in [-0.1, -0.05) is 135 Å². The van der Waals surface area contributed by atoms with Gasteiger partial charge in [-0.15, -0.1) is 0 Å². The Kier molecular flexibility index (Phi) is 30.0. The number of ether oxygens (including phenoxy) is 13. The molecule has 0 bridgehead atoms. The SMILES string of the molecule is COc1ccc(C2=CN3C(=O)c4cc(OC)c(OCCCOc5cc6c(cc5OC)C(=O)N5C=C(c7ccc(OCCOCCOCCOCCOCCOCCO)cc7)CC5C(O[Si](C)(C)C(C)(C)C)N6C(=O)OCC(Cl)(Cl)Cl)cc4N(C(=O)OCC(Cl)(Cl)Cl)C(O[Si](C)(C)C(C)(C)C)C3C2)cc1. The molecule has 0 radical (unpaired) electrons. The number of amides is 4. The minimum Gasteiger partial charge on any atom is -0.497 e. The number of aliphatic hydroxyl groups is 1. The molecule has 1 N–H and O–H groups in total. The molecule has 0 spiro atoms. The minimum absolute atomic E-state index is 0.0209. The smallest absolute Gasteiger partial charge is 0.416 e. The van der Waals surface area contributed by atoms with E-state index in [0.29, 0.717) is 71.0 Å². The Bertz CT molecular complexity index is 3630. The number of hydrogen-bond donors (Lipinski definition) is 1. The lowest BCUT2D eigenvalue weighted by molar-refractivity contribution is -0.0146. The highest BCUT2D eigenvalue weighted by Crippen LogP contribution is 2.50. The number of carbonyl (C=O) groups excluding carboxylic acids is 4. The molecular weight excluding hydrogens is 1510 g/mol. The number of benzene rings is 4. The molecule has 4 aliphatic heterocycles. The van der Waals surface area contributed by atoms with E-state index in [1.165, 1.54) is 48.3 Å². The molecule has 24 nitrogen and oxygen atoms in total. The third-order valence-electron chi connectivity index (χ3n) is 18.6. The van der Waals surface area contributed by atoms with Crippen LogP contribution in [-0.4, -0.2) is 215 Å². The van der Waals surface area contributed by atoms with Gasteiger partial charge in [0.25, 0.3) is 11.8 Å². The van der Waals surface area contributed by atoms with Crippen LogP contribution in [0.25, 0.3) is 11.1 Å². The van der Waals surface area contributed by atoms with Crippen LogP contribution in [0, 0.1) is 0 Å². The van der Waals surface area contributed by atoms with Gasteiger partial charge in [-0.25, -0.2) is 19.4 Å². The number of fused-ring (bicyclic) bond motifs is 4. The molecule has 0 saturated carbocycles. The van der Waals surface area contributed by atoms with E-state index in [2.05, 4.69) is 41.5 Å². The van der Waals surface area contributed by atoms with Crippen molar-refractivity contribution in [2.45, 2.75) is 129 Å². The molecular formula is C72H96Cl6N4O20Si2. The standard InChI is InChI=1S/C72H96Cl6N4O20Si2/c1-69(2,3)103(10,11)101-65-57-37-49(47-15-19-51(88-7)20-16-47)43-79(57)63(84)53-39-59(89-8)61(41-55(53)81(65)67(86)99-45-71(73,74)75)97-24-14-25-98-62-42-56-54(40-60(62)90-9)64(85)80-44-50(38-58(80)66(102-104(12,13)70(4,5)6)82(56)68(87)100-46-72(76,77)78)48-17-21-52(22-18-48)96-36-35-95-34-33-94-32-31-93-30-29-92-28-27-91-26-23-83/h15-22,39-44,57-58,65-66,83H,14,23-38,45-46H2,1-13H3. The van der Waals surface area contributed by atoms with E-state index in [0.717, 1.165) is 22.3 Å². The van der Waals surface area contributed by atoms with Crippen LogP contribution in [0.1, 0.15) is 92.6 Å². The largest absolute Gasteiger partial charge is 0.497 e. The molecule has 4 unspecified atom stereocenters. The summed E-state index contributed by atoms with van der Waals surface area (Å²) in [7, 11) is -1.26. The van der Waals surface area contributed by atoms with E-state index >= 15 is 14.4 Å². The summed E-state index contributed by atoms with van der Waals surface area (Å²) in [4.78, 5) is 66.3. The molecule has 4 aromatic carbocycles. The van der Waals surface area contributed by atoms with Gasteiger partial charge in [0.2, 0.25) is 7.59 Å². The van der Waals surface area contributed by atoms with Crippen molar-refractivity contribution in [1.29, 1.82) is 0 Å². The molecule has 32 heteroatoms. The quantitative estimate of drug-likeness (QED) is 0.0256. The summed E-state index contributed by atoms with van der Waals surface area (Å²) in [5, 5.41) is 7.99. The average molecular weight is 1610 g/mol. The van der Waals surface area contributed by atoms with Gasteiger partial charge in [-0.2, -0.15) is 0 Å². The third kappa shape index (κ3) is 22.1. The van der Waals surface area contributed by atoms with Gasteiger partial charge in [0.1, 0.15) is 31.3 Å². The lowest BCUT2D eigenvalue weighted by Crippen LogP contribution is -2.58. The maximum absolute atomic E-state index is 15.4. The van der Waals surface area contributed by atoms with Gasteiger partial charge in [0.15, 0.2) is 52.1 Å². The van der Waals surface area contributed by atoms with Crippen LogP contribution in [0.5, 0.6) is 34.5 Å². The highest BCUT2D eigenvalue weighted by Gasteiger charge is 2.54. The van der Waals surface area contributed by atoms with Crippen molar-refractivity contribution in [2.75, 3.05) is 137 Å². The summed E-state index contributed by atoms with van der Waals surface area (Å²) in [6, 6.07) is 19.4. The van der Waals surface area contributed by atoms with Gasteiger partial charge >= 0.3 is 12.2 Å². The molecule has 0 aliphatic carbocycles. The number of rotatable bonds is 35. The zero-order valence-electron chi connectivity index (χ0n) is 61.1. The van der Waals surface area contributed by atoms with Crippen LogP contribution in [0.3, 0.4) is 0 Å². The molecule has 4 atom stereocenters. The number of halogens is 6. The van der Waals surface area contributed by atoms with Gasteiger partial charge in [-0.3, -0.25) is 9.59 Å². The highest BCUT2D eigenvalue weighted by molar-refractivity contribution is 6.74. The summed E-state index contributed by atoms with van der Waals surface area (Å²) in [6.45, 7) is 23.4. The van der Waals surface area contributed by atoms with E-state index < -0.39 is 91.0 Å². The van der Waals surface area contributed by atoms with Crippen molar-refractivity contribution in [2.24, 2.45) is 0 Å². The first-order valence-corrected chi connectivity index (χ1v) is 42.2. The molecule has 0 fully saturated rings. The van der Waals surface area contributed by atoms with Crippen LogP contribution in [0.2, 0.25) is 36.3 Å². The fourth-order valence-corrected chi connectivity index (χ4v) is 13.9. The number of anilines is 2. The highest BCUT2D eigenvalue weighted by atomic mass is 35.6. The molecule has 104 heavy (non-hydrogen) atoms. The zero-order chi connectivity index (χ0) is 76.0. The number of methoxy groups -OCH3 is 3. The van der Waals surface area contributed by atoms with Crippen LogP contribution in [0.15, 0.2) is 85.2 Å². The van der Waals surface area contributed by atoms with Gasteiger partial charge in [-0.05, 0) is 108 Å². The molecule has 0 saturated heterocycles. The van der Waals surface area contributed by atoms with Crippen molar-refractivity contribution in [3.05, 3.63) is 107 Å². The molecule has 574 valence electrons. The molecule has 4 aliphatic rings. The zero-order valence-corrected chi connectivity index (χ0v) is 67.6. The molecule has 8 rings (SSSR count). The van der Waals surface area contributed by atoms with Crippen LogP contribution in [0.4, 0.5) is 21.0 Å². The predicted octanol–water partition coefficient (Wildman–Crippen LogP) is 14.9. The van der Waals surface area contributed by atoms with Crippen molar-refractivity contribution < 1.29 is 94.7 Å². The fourth-order valence-electron chi connectivity index (χ4n) is 11.1. The monoisotopic (exact) mass is 1600 g/mol. The predicted molar refractivity (Wildman–Crippen MR) is 405 cm³/mol. The average Bonchev–Trinajstić information content (AvgIpc) is 1.59. The minimum atomic E-state index is -2.87. The van der Waals surface area contributed by atoms with Gasteiger partial charge in [0, 0.05) is 31.0 Å². The Morgan fingerprint density at radius 2 is 0.827 bits per heavy atom. The van der Waals surface area contributed by atoms with E-state index in [4.69, 9.17) is 145 Å². The molecule has 4 amide bonds.